The Labute approximate surface area is 72.4 Å². The molecule has 0 aromatic carbocycles. The predicted molar refractivity (Wildman–Crippen MR) is 44.7 cm³/mol. The number of carbonyl (C=O) groups is 1. The van der Waals surface area contributed by atoms with Crippen molar-refractivity contribution in [3.05, 3.63) is 12.2 Å². The number of hydrogen-bond donors (Lipinski definition) is 0. The van der Waals surface area contributed by atoms with Crippen molar-refractivity contribution >= 4 is 5.97 Å². The van der Waals surface area contributed by atoms with Gasteiger partial charge in [0, 0.05) is 12.0 Å². The van der Waals surface area contributed by atoms with Gasteiger partial charge in [-0.15, -0.1) is 0 Å². The first kappa shape index (κ1) is 9.26. The van der Waals surface area contributed by atoms with Crippen LogP contribution in [0.3, 0.4) is 0 Å². The Morgan fingerprint density at radius 2 is 2.33 bits per heavy atom. The fraction of sp³-hybridized carbons (Fsp3) is 0.667. The maximum atomic E-state index is 11.0. The highest BCUT2D eigenvalue weighted by molar-refractivity contribution is 5.87. The third-order valence-electron chi connectivity index (χ3n) is 1.78. The average molecular weight is 170 g/mol. The van der Waals surface area contributed by atoms with E-state index in [0.717, 1.165) is 6.42 Å². The summed E-state index contributed by atoms with van der Waals surface area (Å²) in [6, 6.07) is 0. The van der Waals surface area contributed by atoms with Crippen LogP contribution in [0.5, 0.6) is 0 Å². The van der Waals surface area contributed by atoms with Gasteiger partial charge < -0.3 is 9.47 Å². The molecule has 0 spiro atoms. The summed E-state index contributed by atoms with van der Waals surface area (Å²) in [4.78, 5) is 11.0. The standard InChI is InChI=1S/C9H14O3/c1-6(2)9(10)12-8-4-7(3)11-5-8/h7-8H,1,4-5H2,2-3H3. The zero-order valence-electron chi connectivity index (χ0n) is 7.50. The molecule has 0 bridgehead atoms. The lowest BCUT2D eigenvalue weighted by Crippen LogP contribution is -2.18. The fourth-order valence-corrected chi connectivity index (χ4v) is 1.11. The zero-order valence-corrected chi connectivity index (χ0v) is 7.50. The highest BCUT2D eigenvalue weighted by Crippen LogP contribution is 2.16. The molecule has 1 aliphatic rings. The van der Waals surface area contributed by atoms with Gasteiger partial charge in [0.1, 0.15) is 6.10 Å². The van der Waals surface area contributed by atoms with Gasteiger partial charge in [0.25, 0.3) is 0 Å². The maximum absolute atomic E-state index is 11.0. The maximum Gasteiger partial charge on any atom is 0.333 e. The second-order valence-electron chi connectivity index (χ2n) is 3.19. The van der Waals surface area contributed by atoms with Crippen molar-refractivity contribution in [2.75, 3.05) is 6.61 Å². The molecule has 68 valence electrons. The van der Waals surface area contributed by atoms with E-state index in [1.54, 1.807) is 6.92 Å². The van der Waals surface area contributed by atoms with Crippen molar-refractivity contribution < 1.29 is 14.3 Å². The number of ether oxygens (including phenoxy) is 2. The van der Waals surface area contributed by atoms with Crippen LogP contribution in [0.2, 0.25) is 0 Å². The van der Waals surface area contributed by atoms with E-state index in [-0.39, 0.29) is 18.2 Å². The van der Waals surface area contributed by atoms with E-state index in [4.69, 9.17) is 9.47 Å². The van der Waals surface area contributed by atoms with Crippen LogP contribution in [-0.2, 0) is 14.3 Å². The number of hydrogen-bond acceptors (Lipinski definition) is 3. The van der Waals surface area contributed by atoms with Crippen LogP contribution in [0.4, 0.5) is 0 Å². The lowest BCUT2D eigenvalue weighted by molar-refractivity contribution is -0.144. The largest absolute Gasteiger partial charge is 0.456 e. The van der Waals surface area contributed by atoms with Crippen LogP contribution in [0, 0.1) is 0 Å². The molecule has 3 nitrogen and oxygen atoms in total. The van der Waals surface area contributed by atoms with Crippen LogP contribution < -0.4 is 0 Å². The summed E-state index contributed by atoms with van der Waals surface area (Å²) in [7, 11) is 0. The first-order chi connectivity index (χ1) is 5.59. The Hall–Kier alpha value is -0.830. The lowest BCUT2D eigenvalue weighted by atomic mass is 10.2. The quantitative estimate of drug-likeness (QED) is 0.462. The van der Waals surface area contributed by atoms with Crippen molar-refractivity contribution in [2.24, 2.45) is 0 Å². The van der Waals surface area contributed by atoms with Gasteiger partial charge in [0.2, 0.25) is 0 Å². The highest BCUT2D eigenvalue weighted by atomic mass is 16.6. The summed E-state index contributed by atoms with van der Waals surface area (Å²) in [6.45, 7) is 7.62. The molecule has 1 heterocycles. The molecule has 2 atom stereocenters. The molecule has 1 fully saturated rings. The van der Waals surface area contributed by atoms with Crippen LogP contribution in [0.15, 0.2) is 12.2 Å². The minimum absolute atomic E-state index is 0.0794. The average Bonchev–Trinajstić information content (AvgIpc) is 2.35. The van der Waals surface area contributed by atoms with Crippen LogP contribution >= 0.6 is 0 Å². The van der Waals surface area contributed by atoms with Crippen LogP contribution in [-0.4, -0.2) is 24.8 Å². The van der Waals surface area contributed by atoms with E-state index in [1.807, 2.05) is 6.92 Å². The van der Waals surface area contributed by atoms with E-state index in [9.17, 15) is 4.79 Å². The molecular weight excluding hydrogens is 156 g/mol. The normalized spacial score (nSPS) is 28.5. The summed E-state index contributed by atoms with van der Waals surface area (Å²) in [5.41, 5.74) is 0.439. The number of carbonyl (C=O) groups excluding carboxylic acids is 1. The summed E-state index contributed by atoms with van der Waals surface area (Å²) >= 11 is 0. The minimum Gasteiger partial charge on any atom is -0.456 e. The molecule has 0 N–H and O–H groups in total. The Morgan fingerprint density at radius 3 is 2.75 bits per heavy atom. The molecule has 1 saturated heterocycles. The molecule has 0 amide bonds. The van der Waals surface area contributed by atoms with Gasteiger partial charge in [-0.25, -0.2) is 4.79 Å². The molecular formula is C9H14O3. The first-order valence-corrected chi connectivity index (χ1v) is 4.07. The third-order valence-corrected chi connectivity index (χ3v) is 1.78. The first-order valence-electron chi connectivity index (χ1n) is 4.07. The van der Waals surface area contributed by atoms with Crippen molar-refractivity contribution in [3.63, 3.8) is 0 Å². The van der Waals surface area contributed by atoms with E-state index in [1.165, 1.54) is 0 Å². The van der Waals surface area contributed by atoms with E-state index >= 15 is 0 Å². The molecule has 0 aromatic heterocycles. The third kappa shape index (κ3) is 2.34. The smallest absolute Gasteiger partial charge is 0.333 e. The van der Waals surface area contributed by atoms with Crippen LogP contribution in [0.1, 0.15) is 20.3 Å². The van der Waals surface area contributed by atoms with Gasteiger partial charge in [-0.1, -0.05) is 6.58 Å². The molecule has 1 aliphatic heterocycles. The monoisotopic (exact) mass is 170 g/mol. The fourth-order valence-electron chi connectivity index (χ4n) is 1.11. The Morgan fingerprint density at radius 1 is 1.67 bits per heavy atom. The van der Waals surface area contributed by atoms with Crippen molar-refractivity contribution in [3.8, 4) is 0 Å². The summed E-state index contributed by atoms with van der Waals surface area (Å²) < 4.78 is 10.3. The molecule has 0 aromatic rings. The SMILES string of the molecule is C=C(C)C(=O)OC1COC(C)C1. The number of esters is 1. The van der Waals surface area contributed by atoms with Gasteiger partial charge in [0.15, 0.2) is 0 Å². The van der Waals surface area contributed by atoms with Crippen LogP contribution in [0.25, 0.3) is 0 Å². The van der Waals surface area contributed by atoms with E-state index in [0.29, 0.717) is 12.2 Å². The van der Waals surface area contributed by atoms with Gasteiger partial charge in [-0.2, -0.15) is 0 Å². The van der Waals surface area contributed by atoms with Gasteiger partial charge in [-0.05, 0) is 13.8 Å². The van der Waals surface area contributed by atoms with Gasteiger partial charge in [-0.3, -0.25) is 0 Å². The molecule has 0 aliphatic carbocycles. The van der Waals surface area contributed by atoms with Gasteiger partial charge >= 0.3 is 5.97 Å². The number of rotatable bonds is 2. The Balaban J connectivity index is 2.32. The molecule has 12 heavy (non-hydrogen) atoms. The van der Waals surface area contributed by atoms with E-state index in [2.05, 4.69) is 6.58 Å². The molecule has 1 rings (SSSR count). The molecule has 2 unspecified atom stereocenters. The van der Waals surface area contributed by atoms with Crippen molar-refractivity contribution in [2.45, 2.75) is 32.5 Å². The summed E-state index contributed by atoms with van der Waals surface area (Å²) in [5, 5.41) is 0. The second-order valence-corrected chi connectivity index (χ2v) is 3.19. The zero-order chi connectivity index (χ0) is 9.14. The van der Waals surface area contributed by atoms with Crippen molar-refractivity contribution in [1.29, 1.82) is 0 Å². The molecule has 0 radical (unpaired) electrons. The summed E-state index contributed by atoms with van der Waals surface area (Å²) in [5.74, 6) is -0.322. The Bertz CT molecular complexity index is 198. The minimum atomic E-state index is -0.322. The van der Waals surface area contributed by atoms with Crippen molar-refractivity contribution in [1.82, 2.24) is 0 Å². The predicted octanol–water partition coefficient (Wildman–Crippen LogP) is 1.28. The lowest BCUT2D eigenvalue weighted by Gasteiger charge is -2.09. The topological polar surface area (TPSA) is 35.5 Å². The second kappa shape index (κ2) is 3.72. The highest BCUT2D eigenvalue weighted by Gasteiger charge is 2.25. The van der Waals surface area contributed by atoms with E-state index < -0.39 is 0 Å². The molecule has 0 saturated carbocycles. The Kier molecular flexibility index (Phi) is 2.87. The van der Waals surface area contributed by atoms with Gasteiger partial charge in [0.05, 0.1) is 12.7 Å². The molecule has 3 heteroatoms. The summed E-state index contributed by atoms with van der Waals surface area (Å²) in [6.07, 6.45) is 0.913.